The van der Waals surface area contributed by atoms with Gasteiger partial charge in [-0.05, 0) is 55.2 Å². The maximum atomic E-state index is 12.4. The van der Waals surface area contributed by atoms with Crippen LogP contribution in [0.15, 0.2) is 42.5 Å². The van der Waals surface area contributed by atoms with E-state index in [1.165, 1.54) is 4.31 Å². The first-order valence-electron chi connectivity index (χ1n) is 8.92. The van der Waals surface area contributed by atoms with Crippen molar-refractivity contribution < 1.29 is 9.90 Å². The van der Waals surface area contributed by atoms with Gasteiger partial charge in [0.1, 0.15) is 0 Å². The quantitative estimate of drug-likeness (QED) is 0.542. The van der Waals surface area contributed by atoms with Gasteiger partial charge in [0, 0.05) is 18.5 Å². The Morgan fingerprint density at radius 3 is 2.67 bits per heavy atom. The third kappa shape index (κ3) is 5.78. The molecule has 2 N–H and O–H groups in total. The fraction of sp³-hybridized carbons (Fsp3) is 0.318. The first-order chi connectivity index (χ1) is 12.9. The van der Waals surface area contributed by atoms with E-state index in [0.29, 0.717) is 6.42 Å². The summed E-state index contributed by atoms with van der Waals surface area (Å²) in [5.74, 6) is 6.37. The highest BCUT2D eigenvalue weighted by molar-refractivity contribution is 7.78. The number of benzene rings is 2. The Kier molecular flexibility index (Phi) is 7.78. The van der Waals surface area contributed by atoms with Crippen molar-refractivity contribution in [1.29, 1.82) is 0 Å². The maximum Gasteiger partial charge on any atom is 0.327 e. The molecule has 27 heavy (non-hydrogen) atoms. The van der Waals surface area contributed by atoms with Crippen molar-refractivity contribution in [3.8, 4) is 11.8 Å². The van der Waals surface area contributed by atoms with E-state index in [4.69, 9.17) is 5.11 Å². The molecule has 0 aliphatic rings. The van der Waals surface area contributed by atoms with Crippen LogP contribution in [0.1, 0.15) is 40.3 Å². The SMILES string of the molecule is Cc1cccc(C#CCC(c2cccc(C)c2C)N(S)C(=O)NCCO)c1. The molecule has 0 saturated carbocycles. The highest BCUT2D eigenvalue weighted by atomic mass is 32.1. The zero-order valence-corrected chi connectivity index (χ0v) is 16.9. The molecule has 0 radical (unpaired) electrons. The summed E-state index contributed by atoms with van der Waals surface area (Å²) in [6, 6.07) is 13.4. The summed E-state index contributed by atoms with van der Waals surface area (Å²) >= 11 is 4.43. The van der Waals surface area contributed by atoms with Gasteiger partial charge in [0.2, 0.25) is 0 Å². The van der Waals surface area contributed by atoms with Crippen LogP contribution < -0.4 is 5.32 Å². The summed E-state index contributed by atoms with van der Waals surface area (Å²) in [4.78, 5) is 12.4. The molecule has 2 aromatic carbocycles. The zero-order valence-electron chi connectivity index (χ0n) is 16.0. The van der Waals surface area contributed by atoms with Gasteiger partial charge in [-0.2, -0.15) is 0 Å². The largest absolute Gasteiger partial charge is 0.395 e. The van der Waals surface area contributed by atoms with Crippen LogP contribution >= 0.6 is 12.8 Å². The molecular weight excluding hydrogens is 356 g/mol. The van der Waals surface area contributed by atoms with E-state index in [0.717, 1.165) is 27.8 Å². The number of aliphatic hydroxyl groups is 1. The van der Waals surface area contributed by atoms with Crippen molar-refractivity contribution in [2.45, 2.75) is 33.2 Å². The minimum absolute atomic E-state index is 0.116. The van der Waals surface area contributed by atoms with Gasteiger partial charge >= 0.3 is 6.03 Å². The summed E-state index contributed by atoms with van der Waals surface area (Å²) in [6.45, 7) is 6.19. The smallest absolute Gasteiger partial charge is 0.327 e. The van der Waals surface area contributed by atoms with Crippen molar-refractivity contribution in [2.24, 2.45) is 0 Å². The molecule has 1 atom stereocenters. The molecule has 2 rings (SSSR count). The first-order valence-corrected chi connectivity index (χ1v) is 9.32. The third-order valence-electron chi connectivity index (χ3n) is 4.44. The molecular formula is C22H26N2O2S. The fourth-order valence-electron chi connectivity index (χ4n) is 2.82. The van der Waals surface area contributed by atoms with Crippen LogP contribution in [0, 0.1) is 32.6 Å². The molecule has 2 amide bonds. The van der Waals surface area contributed by atoms with Crippen molar-refractivity contribution in [3.63, 3.8) is 0 Å². The molecule has 0 aliphatic carbocycles. The Morgan fingerprint density at radius 2 is 1.96 bits per heavy atom. The van der Waals surface area contributed by atoms with E-state index in [-0.39, 0.29) is 25.2 Å². The molecule has 0 bridgehead atoms. The first kappa shape index (κ1) is 20.9. The van der Waals surface area contributed by atoms with Crippen LogP contribution in [0.2, 0.25) is 0 Å². The molecule has 2 aromatic rings. The molecule has 5 heteroatoms. The van der Waals surface area contributed by atoms with E-state index >= 15 is 0 Å². The lowest BCUT2D eigenvalue weighted by molar-refractivity contribution is 0.211. The van der Waals surface area contributed by atoms with Gasteiger partial charge < -0.3 is 10.4 Å². The minimum Gasteiger partial charge on any atom is -0.395 e. The Hall–Kier alpha value is -2.42. The molecule has 0 aromatic heterocycles. The topological polar surface area (TPSA) is 52.6 Å². The molecule has 0 heterocycles. The Morgan fingerprint density at radius 1 is 1.22 bits per heavy atom. The summed E-state index contributed by atoms with van der Waals surface area (Å²) in [7, 11) is 0. The number of rotatable bonds is 5. The maximum absolute atomic E-state index is 12.4. The number of thiol groups is 1. The van der Waals surface area contributed by atoms with Gasteiger partial charge in [-0.15, -0.1) is 0 Å². The number of amides is 2. The van der Waals surface area contributed by atoms with Crippen LogP contribution in [0.3, 0.4) is 0 Å². The zero-order chi connectivity index (χ0) is 19.8. The van der Waals surface area contributed by atoms with E-state index in [1.54, 1.807) is 0 Å². The third-order valence-corrected chi connectivity index (χ3v) is 4.90. The van der Waals surface area contributed by atoms with Crippen molar-refractivity contribution in [1.82, 2.24) is 9.62 Å². The number of hydrogen-bond donors (Lipinski definition) is 3. The molecule has 0 spiro atoms. The van der Waals surface area contributed by atoms with Gasteiger partial charge in [-0.3, -0.25) is 4.31 Å². The Bertz CT molecular complexity index is 855. The Labute approximate surface area is 167 Å². The number of aryl methyl sites for hydroxylation is 2. The monoisotopic (exact) mass is 382 g/mol. The predicted octanol–water partition coefficient (Wildman–Crippen LogP) is 3.94. The van der Waals surface area contributed by atoms with Gasteiger partial charge in [-0.25, -0.2) is 4.79 Å². The second kappa shape index (κ2) is 10.1. The van der Waals surface area contributed by atoms with Gasteiger partial charge in [0.15, 0.2) is 0 Å². The number of carbonyl (C=O) groups is 1. The number of urea groups is 1. The fourth-order valence-corrected chi connectivity index (χ4v) is 3.10. The second-order valence-electron chi connectivity index (χ2n) is 6.48. The number of aliphatic hydroxyl groups excluding tert-OH is 1. The summed E-state index contributed by atoms with van der Waals surface area (Å²) < 4.78 is 1.36. The van der Waals surface area contributed by atoms with Crippen LogP contribution in [0.5, 0.6) is 0 Å². The molecule has 0 fully saturated rings. The summed E-state index contributed by atoms with van der Waals surface area (Å²) in [5.41, 5.74) is 5.40. The molecule has 4 nitrogen and oxygen atoms in total. The van der Waals surface area contributed by atoms with Crippen molar-refractivity contribution in [3.05, 3.63) is 70.3 Å². The van der Waals surface area contributed by atoms with Crippen molar-refractivity contribution in [2.75, 3.05) is 13.2 Å². The van der Waals surface area contributed by atoms with E-state index in [2.05, 4.69) is 30.0 Å². The summed E-state index contributed by atoms with van der Waals surface area (Å²) in [6.07, 6.45) is 0.453. The number of nitrogens with zero attached hydrogens (tertiary/aromatic N) is 1. The molecule has 0 aliphatic heterocycles. The highest BCUT2D eigenvalue weighted by Gasteiger charge is 2.23. The van der Waals surface area contributed by atoms with Crippen LogP contribution in [-0.2, 0) is 0 Å². The Balaban J connectivity index is 2.29. The molecule has 142 valence electrons. The van der Waals surface area contributed by atoms with Gasteiger partial charge in [0.25, 0.3) is 0 Å². The second-order valence-corrected chi connectivity index (χ2v) is 6.91. The lowest BCUT2D eigenvalue weighted by Gasteiger charge is -2.27. The predicted molar refractivity (Wildman–Crippen MR) is 113 cm³/mol. The highest BCUT2D eigenvalue weighted by Crippen LogP contribution is 2.29. The van der Waals surface area contributed by atoms with Crippen molar-refractivity contribution >= 4 is 18.8 Å². The average molecular weight is 383 g/mol. The molecule has 1 unspecified atom stereocenters. The van der Waals surface area contributed by atoms with E-state index in [9.17, 15) is 4.79 Å². The standard InChI is InChI=1S/C22H26N2O2S/c1-16-7-4-9-19(15-16)10-6-12-21(24(27)22(26)23-13-14-25)20-11-5-8-17(2)18(20)3/h4-5,7-9,11,15,21,25,27H,12-14H2,1-3H3,(H,23,26). The lowest BCUT2D eigenvalue weighted by Crippen LogP contribution is -2.38. The van der Waals surface area contributed by atoms with Crippen LogP contribution in [-0.4, -0.2) is 28.6 Å². The molecule has 0 saturated heterocycles. The normalized spacial score (nSPS) is 11.3. The minimum atomic E-state index is -0.351. The number of hydrogen-bond acceptors (Lipinski definition) is 3. The van der Waals surface area contributed by atoms with Gasteiger partial charge in [0.05, 0.1) is 12.6 Å². The lowest BCUT2D eigenvalue weighted by atomic mass is 9.95. The van der Waals surface area contributed by atoms with Gasteiger partial charge in [-0.1, -0.05) is 55.0 Å². The van der Waals surface area contributed by atoms with Crippen LogP contribution in [0.4, 0.5) is 4.79 Å². The van der Waals surface area contributed by atoms with E-state index in [1.807, 2.05) is 63.2 Å². The number of carbonyl (C=O) groups excluding carboxylic acids is 1. The van der Waals surface area contributed by atoms with Crippen LogP contribution in [0.25, 0.3) is 0 Å². The van der Waals surface area contributed by atoms with E-state index < -0.39 is 0 Å². The average Bonchev–Trinajstić information content (AvgIpc) is 2.65. The summed E-state index contributed by atoms with van der Waals surface area (Å²) in [5, 5.41) is 11.6. The number of nitrogens with one attached hydrogen (secondary N) is 1.